The fourth-order valence-electron chi connectivity index (χ4n) is 3.89. The SMILES string of the molecule is CC1C(Cc2ccccc2)CCN1CCC(=O)N1CCNCC1. The molecule has 2 heterocycles. The van der Waals surface area contributed by atoms with Crippen molar-refractivity contribution in [2.24, 2.45) is 5.92 Å². The van der Waals surface area contributed by atoms with Gasteiger partial charge in [-0.25, -0.2) is 0 Å². The Hall–Kier alpha value is -1.39. The Morgan fingerprint density at radius 2 is 1.91 bits per heavy atom. The molecule has 2 fully saturated rings. The van der Waals surface area contributed by atoms with E-state index in [0.29, 0.717) is 24.3 Å². The molecule has 0 aliphatic carbocycles. The number of carbonyl (C=O) groups is 1. The summed E-state index contributed by atoms with van der Waals surface area (Å²) in [6.07, 6.45) is 3.07. The number of amides is 1. The van der Waals surface area contributed by atoms with Crippen molar-refractivity contribution in [1.29, 1.82) is 0 Å². The highest BCUT2D eigenvalue weighted by molar-refractivity contribution is 5.76. The largest absolute Gasteiger partial charge is 0.340 e. The van der Waals surface area contributed by atoms with Crippen molar-refractivity contribution in [1.82, 2.24) is 15.1 Å². The summed E-state index contributed by atoms with van der Waals surface area (Å²) in [4.78, 5) is 16.8. The van der Waals surface area contributed by atoms with E-state index in [1.807, 2.05) is 4.90 Å². The summed E-state index contributed by atoms with van der Waals surface area (Å²) < 4.78 is 0. The predicted octanol–water partition coefficient (Wildman–Crippen LogP) is 1.76. The number of hydrogen-bond acceptors (Lipinski definition) is 3. The van der Waals surface area contributed by atoms with Crippen molar-refractivity contribution < 1.29 is 4.79 Å². The first-order valence-corrected chi connectivity index (χ1v) is 9.00. The Labute approximate surface area is 139 Å². The maximum atomic E-state index is 12.3. The van der Waals surface area contributed by atoms with Gasteiger partial charge in [0.25, 0.3) is 0 Å². The van der Waals surface area contributed by atoms with Crippen LogP contribution in [0.25, 0.3) is 0 Å². The van der Waals surface area contributed by atoms with Crippen molar-refractivity contribution in [3.63, 3.8) is 0 Å². The van der Waals surface area contributed by atoms with Crippen LogP contribution in [0.4, 0.5) is 0 Å². The minimum atomic E-state index is 0.324. The van der Waals surface area contributed by atoms with Gasteiger partial charge in [-0.1, -0.05) is 30.3 Å². The molecular weight excluding hydrogens is 286 g/mol. The third-order valence-corrected chi connectivity index (χ3v) is 5.47. The Morgan fingerprint density at radius 1 is 1.17 bits per heavy atom. The molecule has 2 atom stereocenters. The van der Waals surface area contributed by atoms with Gasteiger partial charge in [0.15, 0.2) is 0 Å². The van der Waals surface area contributed by atoms with Crippen LogP contribution < -0.4 is 5.32 Å². The van der Waals surface area contributed by atoms with Gasteiger partial charge in [0.05, 0.1) is 0 Å². The minimum absolute atomic E-state index is 0.324. The third kappa shape index (κ3) is 4.33. The topological polar surface area (TPSA) is 35.6 Å². The molecule has 3 rings (SSSR count). The quantitative estimate of drug-likeness (QED) is 0.899. The number of rotatable bonds is 5. The maximum Gasteiger partial charge on any atom is 0.223 e. The van der Waals surface area contributed by atoms with Crippen molar-refractivity contribution in [2.45, 2.75) is 32.2 Å². The fraction of sp³-hybridized carbons (Fsp3) is 0.632. The van der Waals surface area contributed by atoms with Crippen LogP contribution in [0, 0.1) is 5.92 Å². The average molecular weight is 315 g/mol. The van der Waals surface area contributed by atoms with E-state index in [1.54, 1.807) is 0 Å². The zero-order valence-corrected chi connectivity index (χ0v) is 14.2. The van der Waals surface area contributed by atoms with Gasteiger partial charge in [-0.15, -0.1) is 0 Å². The molecule has 4 nitrogen and oxygen atoms in total. The summed E-state index contributed by atoms with van der Waals surface area (Å²) in [5.74, 6) is 1.04. The van der Waals surface area contributed by atoms with Crippen LogP contribution in [0.15, 0.2) is 30.3 Å². The molecule has 0 bridgehead atoms. The Bertz CT molecular complexity index is 499. The highest BCUT2D eigenvalue weighted by Gasteiger charge is 2.31. The van der Waals surface area contributed by atoms with Crippen LogP contribution in [0.5, 0.6) is 0 Å². The van der Waals surface area contributed by atoms with Crippen molar-refractivity contribution >= 4 is 5.91 Å². The average Bonchev–Trinajstić information content (AvgIpc) is 2.94. The van der Waals surface area contributed by atoms with Gasteiger partial charge < -0.3 is 10.2 Å². The molecule has 0 saturated carbocycles. The molecule has 1 aromatic rings. The van der Waals surface area contributed by atoms with Crippen molar-refractivity contribution in [3.05, 3.63) is 35.9 Å². The first-order valence-electron chi connectivity index (χ1n) is 9.00. The number of nitrogens with one attached hydrogen (secondary N) is 1. The third-order valence-electron chi connectivity index (χ3n) is 5.47. The molecule has 2 aliphatic rings. The van der Waals surface area contributed by atoms with Gasteiger partial charge in [0.2, 0.25) is 5.91 Å². The molecule has 2 unspecified atom stereocenters. The second kappa shape index (κ2) is 7.93. The summed E-state index contributed by atoms with van der Waals surface area (Å²) in [5.41, 5.74) is 1.43. The second-order valence-corrected chi connectivity index (χ2v) is 6.90. The standard InChI is InChI=1S/C19H29N3O/c1-16-18(15-17-5-3-2-4-6-17)7-11-21(16)12-8-19(23)22-13-9-20-10-14-22/h2-6,16,18,20H,7-15H2,1H3. The molecule has 0 radical (unpaired) electrons. The number of hydrogen-bond donors (Lipinski definition) is 1. The Morgan fingerprint density at radius 3 is 2.65 bits per heavy atom. The smallest absolute Gasteiger partial charge is 0.223 e. The molecule has 1 amide bonds. The second-order valence-electron chi connectivity index (χ2n) is 6.90. The highest BCUT2D eigenvalue weighted by Crippen LogP contribution is 2.27. The first kappa shape index (κ1) is 16.5. The number of likely N-dealkylation sites (tertiary alicyclic amines) is 1. The van der Waals surface area contributed by atoms with E-state index in [9.17, 15) is 4.79 Å². The normalized spacial score (nSPS) is 25.7. The number of carbonyl (C=O) groups excluding carboxylic acids is 1. The maximum absolute atomic E-state index is 12.3. The lowest BCUT2D eigenvalue weighted by atomic mass is 9.93. The molecule has 4 heteroatoms. The monoisotopic (exact) mass is 315 g/mol. The Kier molecular flexibility index (Phi) is 5.68. The summed E-state index contributed by atoms with van der Waals surface area (Å²) in [7, 11) is 0. The van der Waals surface area contributed by atoms with Gasteiger partial charge in [0.1, 0.15) is 0 Å². The zero-order chi connectivity index (χ0) is 16.1. The molecule has 2 saturated heterocycles. The number of nitrogens with zero attached hydrogens (tertiary/aromatic N) is 2. The molecular formula is C19H29N3O. The van der Waals surface area contributed by atoms with Crippen molar-refractivity contribution in [2.75, 3.05) is 39.3 Å². The highest BCUT2D eigenvalue weighted by atomic mass is 16.2. The Balaban J connectivity index is 1.45. The van der Waals surface area contributed by atoms with Crippen LogP contribution in [0.1, 0.15) is 25.3 Å². The molecule has 2 aliphatic heterocycles. The molecule has 23 heavy (non-hydrogen) atoms. The molecule has 0 spiro atoms. The molecule has 1 aromatic carbocycles. The lowest BCUT2D eigenvalue weighted by molar-refractivity contribution is -0.132. The van der Waals surface area contributed by atoms with Crippen LogP contribution in [0.3, 0.4) is 0 Å². The van der Waals surface area contributed by atoms with Gasteiger partial charge in [-0.05, 0) is 37.8 Å². The van der Waals surface area contributed by atoms with Gasteiger partial charge in [-0.2, -0.15) is 0 Å². The van der Waals surface area contributed by atoms with E-state index in [2.05, 4.69) is 47.5 Å². The summed E-state index contributed by atoms with van der Waals surface area (Å²) in [5, 5.41) is 3.30. The lowest BCUT2D eigenvalue weighted by Crippen LogP contribution is -2.47. The van der Waals surface area contributed by atoms with E-state index in [4.69, 9.17) is 0 Å². The van der Waals surface area contributed by atoms with Crippen LogP contribution in [-0.2, 0) is 11.2 Å². The van der Waals surface area contributed by atoms with Gasteiger partial charge >= 0.3 is 0 Å². The summed E-state index contributed by atoms with van der Waals surface area (Å²) in [6, 6.07) is 11.4. The predicted molar refractivity (Wildman–Crippen MR) is 93.4 cm³/mol. The van der Waals surface area contributed by atoms with E-state index in [-0.39, 0.29) is 0 Å². The van der Waals surface area contributed by atoms with E-state index in [0.717, 1.165) is 45.7 Å². The summed E-state index contributed by atoms with van der Waals surface area (Å²) >= 11 is 0. The molecule has 0 aromatic heterocycles. The number of benzene rings is 1. The van der Waals surface area contributed by atoms with E-state index in [1.165, 1.54) is 12.0 Å². The van der Waals surface area contributed by atoms with E-state index >= 15 is 0 Å². The van der Waals surface area contributed by atoms with Gasteiger partial charge in [0, 0.05) is 45.2 Å². The minimum Gasteiger partial charge on any atom is -0.340 e. The van der Waals surface area contributed by atoms with Crippen molar-refractivity contribution in [3.8, 4) is 0 Å². The van der Waals surface area contributed by atoms with E-state index < -0.39 is 0 Å². The fourth-order valence-corrected chi connectivity index (χ4v) is 3.89. The van der Waals surface area contributed by atoms with Gasteiger partial charge in [-0.3, -0.25) is 9.69 Å². The van der Waals surface area contributed by atoms with Crippen LogP contribution in [-0.4, -0.2) is 61.0 Å². The van der Waals surface area contributed by atoms with Crippen LogP contribution >= 0.6 is 0 Å². The molecule has 126 valence electrons. The lowest BCUT2D eigenvalue weighted by Gasteiger charge is -2.29. The zero-order valence-electron chi connectivity index (χ0n) is 14.2. The van der Waals surface area contributed by atoms with Crippen LogP contribution in [0.2, 0.25) is 0 Å². The molecule has 1 N–H and O–H groups in total. The summed E-state index contributed by atoms with van der Waals surface area (Å²) in [6.45, 7) is 7.98. The number of piperazine rings is 1. The first-order chi connectivity index (χ1) is 11.2.